The minimum absolute atomic E-state index is 0.0157. The van der Waals surface area contributed by atoms with Crippen LogP contribution in [0.4, 0.5) is 4.39 Å². The van der Waals surface area contributed by atoms with Crippen LogP contribution in [0.15, 0.2) is 101 Å². The minimum Gasteiger partial charge on any atom is -0.493 e. The van der Waals surface area contributed by atoms with Gasteiger partial charge in [-0.2, -0.15) is 0 Å². The van der Waals surface area contributed by atoms with Gasteiger partial charge in [0.15, 0.2) is 0 Å². The fraction of sp³-hybridized carbons (Fsp3) is 0.421. The molecule has 3 atom stereocenters. The Labute approximate surface area is 264 Å². The van der Waals surface area contributed by atoms with Crippen molar-refractivity contribution in [1.82, 2.24) is 10.2 Å². The molecule has 5 heteroatoms. The van der Waals surface area contributed by atoms with E-state index in [4.69, 9.17) is 4.74 Å². The fourth-order valence-corrected chi connectivity index (χ4v) is 5.99. The maximum Gasteiger partial charge on any atom is 0.119 e. The highest BCUT2D eigenvalue weighted by atomic mass is 32.2. The van der Waals surface area contributed by atoms with Gasteiger partial charge in [-0.05, 0) is 94.2 Å². The summed E-state index contributed by atoms with van der Waals surface area (Å²) >= 11 is 1.72. The largest absolute Gasteiger partial charge is 0.493 e. The third kappa shape index (κ3) is 10.6. The molecule has 43 heavy (non-hydrogen) atoms. The van der Waals surface area contributed by atoms with Crippen LogP contribution in [0.1, 0.15) is 83.1 Å². The summed E-state index contributed by atoms with van der Waals surface area (Å²) in [6.45, 7) is 29.7. The van der Waals surface area contributed by atoms with Crippen LogP contribution in [0.3, 0.4) is 0 Å². The Morgan fingerprint density at radius 1 is 1.09 bits per heavy atom. The number of allylic oxidation sites excluding steroid dienone is 4. The number of rotatable bonds is 12. The second-order valence-corrected chi connectivity index (χ2v) is 13.9. The van der Waals surface area contributed by atoms with Crippen molar-refractivity contribution in [3.05, 3.63) is 123 Å². The van der Waals surface area contributed by atoms with Gasteiger partial charge in [-0.1, -0.05) is 72.0 Å². The summed E-state index contributed by atoms with van der Waals surface area (Å²) in [6.07, 6.45) is 4.77. The van der Waals surface area contributed by atoms with Crippen molar-refractivity contribution < 1.29 is 9.13 Å². The predicted molar refractivity (Wildman–Crippen MR) is 185 cm³/mol. The zero-order valence-corrected chi connectivity index (χ0v) is 28.2. The molecule has 2 aromatic carbocycles. The lowest BCUT2D eigenvalue weighted by Crippen LogP contribution is -2.32. The van der Waals surface area contributed by atoms with Crippen LogP contribution >= 0.6 is 11.8 Å². The molecule has 1 N–H and O–H groups in total. The van der Waals surface area contributed by atoms with Crippen molar-refractivity contribution >= 4 is 11.8 Å². The highest BCUT2D eigenvalue weighted by Gasteiger charge is 2.51. The molecule has 0 aromatic heterocycles. The second kappa shape index (κ2) is 15.6. The van der Waals surface area contributed by atoms with Crippen LogP contribution in [-0.2, 0) is 19.6 Å². The zero-order valence-electron chi connectivity index (χ0n) is 27.4. The summed E-state index contributed by atoms with van der Waals surface area (Å²) in [6, 6.07) is 15.2. The second-order valence-electron chi connectivity index (χ2n) is 12.6. The van der Waals surface area contributed by atoms with Gasteiger partial charge in [0.1, 0.15) is 11.4 Å². The average molecular weight is 603 g/mol. The van der Waals surface area contributed by atoms with E-state index < -0.39 is 5.67 Å². The van der Waals surface area contributed by atoms with Crippen molar-refractivity contribution in [2.75, 3.05) is 13.2 Å². The highest BCUT2D eigenvalue weighted by Crippen LogP contribution is 2.47. The number of alkyl halides is 1. The Bertz CT molecular complexity index is 1350. The highest BCUT2D eigenvalue weighted by molar-refractivity contribution is 8.06. The number of ether oxygens (including phenoxy) is 1. The summed E-state index contributed by atoms with van der Waals surface area (Å²) in [5, 5.41) is 3.62. The lowest BCUT2D eigenvalue weighted by atomic mass is 9.89. The zero-order chi connectivity index (χ0) is 31.7. The standard InChI is InChI=1S/C34H43FN2OS.C4H8/c1-8-27-20-37(21-28-14-15-30(16-31(27)28)38-22-29-17-34(29,7)35)19-26-12-10-25(11-13-26)18-36-32(9-2)33(23(3)4)39-24(5)6;1-4(2)3/h8-16,27,29,36H,1,5,17-22H2,2-4,6-7H3;1H2,2-3H3. The first-order valence-corrected chi connectivity index (χ1v) is 16.0. The maximum atomic E-state index is 13.9. The summed E-state index contributed by atoms with van der Waals surface area (Å²) in [7, 11) is 0. The molecule has 1 heterocycles. The molecule has 232 valence electrons. The van der Waals surface area contributed by atoms with Gasteiger partial charge in [0.25, 0.3) is 0 Å². The number of halogens is 1. The first kappa shape index (κ1) is 34.5. The summed E-state index contributed by atoms with van der Waals surface area (Å²) in [4.78, 5) is 4.81. The van der Waals surface area contributed by atoms with E-state index in [1.165, 1.54) is 38.3 Å². The van der Waals surface area contributed by atoms with Gasteiger partial charge in [0, 0.05) is 48.6 Å². The molecule has 3 unspecified atom stereocenters. The van der Waals surface area contributed by atoms with E-state index in [0.29, 0.717) is 13.0 Å². The lowest BCUT2D eigenvalue weighted by molar-refractivity contribution is 0.229. The molecule has 0 radical (unpaired) electrons. The first-order chi connectivity index (χ1) is 20.3. The summed E-state index contributed by atoms with van der Waals surface area (Å²) < 4.78 is 19.8. The lowest BCUT2D eigenvalue weighted by Gasteiger charge is -2.33. The molecule has 2 aliphatic rings. The van der Waals surface area contributed by atoms with Crippen LogP contribution in [0.5, 0.6) is 5.75 Å². The van der Waals surface area contributed by atoms with Gasteiger partial charge < -0.3 is 10.1 Å². The van der Waals surface area contributed by atoms with E-state index in [9.17, 15) is 4.39 Å². The Kier molecular flexibility index (Phi) is 12.5. The molecule has 0 spiro atoms. The topological polar surface area (TPSA) is 24.5 Å². The van der Waals surface area contributed by atoms with Gasteiger partial charge in [0.2, 0.25) is 0 Å². The molecule has 3 nitrogen and oxygen atoms in total. The maximum absolute atomic E-state index is 13.9. The Morgan fingerprint density at radius 3 is 2.26 bits per heavy atom. The monoisotopic (exact) mass is 602 g/mol. The van der Waals surface area contributed by atoms with E-state index in [2.05, 4.69) is 93.2 Å². The van der Waals surface area contributed by atoms with Crippen LogP contribution in [-0.4, -0.2) is 23.7 Å². The number of fused-ring (bicyclic) bond motifs is 1. The van der Waals surface area contributed by atoms with Crippen molar-refractivity contribution in [3.8, 4) is 5.75 Å². The van der Waals surface area contributed by atoms with Gasteiger partial charge in [-0.15, -0.1) is 13.2 Å². The Hall–Kier alpha value is -3.02. The van der Waals surface area contributed by atoms with Crippen molar-refractivity contribution in [1.29, 1.82) is 0 Å². The van der Waals surface area contributed by atoms with Gasteiger partial charge in [-0.3, -0.25) is 4.90 Å². The SMILES string of the molecule is C=C(C)C.C=CC1CN(Cc2ccc(CNC(=CC)C(SC(=C)C)=C(C)C)cc2)Cc2ccc(OCC3CC3(C)F)cc21. The molecular weight excluding hydrogens is 551 g/mol. The molecule has 1 fully saturated rings. The van der Waals surface area contributed by atoms with E-state index in [1.54, 1.807) is 18.7 Å². The fourth-order valence-electron chi connectivity index (χ4n) is 5.14. The number of benzene rings is 2. The molecule has 4 rings (SSSR count). The molecule has 1 aliphatic heterocycles. The van der Waals surface area contributed by atoms with Crippen LogP contribution in [0.25, 0.3) is 0 Å². The Morgan fingerprint density at radius 2 is 1.72 bits per heavy atom. The van der Waals surface area contributed by atoms with Crippen molar-refractivity contribution in [2.45, 2.75) is 86.1 Å². The average Bonchev–Trinajstić information content (AvgIpc) is 3.57. The van der Waals surface area contributed by atoms with Crippen molar-refractivity contribution in [3.63, 3.8) is 0 Å². The predicted octanol–water partition coefficient (Wildman–Crippen LogP) is 10.2. The molecule has 2 aromatic rings. The molecule has 1 aliphatic carbocycles. The van der Waals surface area contributed by atoms with Crippen LogP contribution < -0.4 is 10.1 Å². The molecule has 1 saturated carbocycles. The number of hydrogen-bond donors (Lipinski definition) is 1. The summed E-state index contributed by atoms with van der Waals surface area (Å²) in [5.41, 5.74) is 7.69. The number of nitrogens with one attached hydrogen (secondary N) is 1. The third-order valence-corrected chi connectivity index (χ3v) is 8.79. The number of hydrogen-bond acceptors (Lipinski definition) is 4. The van der Waals surface area contributed by atoms with Gasteiger partial charge >= 0.3 is 0 Å². The van der Waals surface area contributed by atoms with Crippen LogP contribution in [0, 0.1) is 5.92 Å². The number of thioether (sulfide) groups is 1. The van der Waals surface area contributed by atoms with Crippen LogP contribution in [0.2, 0.25) is 0 Å². The number of nitrogens with zero attached hydrogens (tertiary/aromatic N) is 1. The third-order valence-electron chi connectivity index (χ3n) is 7.61. The minimum atomic E-state index is -1.05. The van der Waals surface area contributed by atoms with Crippen molar-refractivity contribution in [2.24, 2.45) is 5.92 Å². The van der Waals surface area contributed by atoms with Gasteiger partial charge in [-0.25, -0.2) is 4.39 Å². The normalized spacial score (nSPS) is 21.1. The first-order valence-electron chi connectivity index (χ1n) is 15.2. The smallest absolute Gasteiger partial charge is 0.119 e. The molecule has 0 saturated heterocycles. The van der Waals surface area contributed by atoms with Gasteiger partial charge in [0.05, 0.1) is 6.61 Å². The van der Waals surface area contributed by atoms with E-state index in [0.717, 1.165) is 42.5 Å². The molecule has 0 amide bonds. The molecule has 0 bridgehead atoms. The summed E-state index contributed by atoms with van der Waals surface area (Å²) in [5.74, 6) is 1.09. The van der Waals surface area contributed by atoms with E-state index in [-0.39, 0.29) is 11.8 Å². The van der Waals surface area contributed by atoms with E-state index >= 15 is 0 Å². The molecular formula is C38H51FN2OS. The quantitative estimate of drug-likeness (QED) is 0.193. The van der Waals surface area contributed by atoms with E-state index in [1.807, 2.05) is 32.9 Å². The Balaban J connectivity index is 0.00000119.